The van der Waals surface area contributed by atoms with Crippen LogP contribution in [0.2, 0.25) is 0 Å². The Morgan fingerprint density at radius 3 is 2.02 bits per heavy atom. The second-order valence-corrected chi connectivity index (χ2v) is 13.5. The standard InChI is InChI=1S/C39H48N4O7/c1-39(2,3)50-38(49)42-32(36(47)41-25-31(27-14-6-4-7-15-27)28-16-8-5-9-17-28)20-12-13-23-40-37(48)33-24-29-18-10-11-19-30(29)26-43(33)34(44)21-22-35(45)46/h4-11,14-19,31-33H,12-13,20-26H2,1-3H3,(H,40,48)(H,41,47)(H,42,49)(H,45,46)/t32-,33-/m0/s1. The number of carbonyl (C=O) groups excluding carboxylic acids is 4. The lowest BCUT2D eigenvalue weighted by Crippen LogP contribution is -2.52. The van der Waals surface area contributed by atoms with Crippen molar-refractivity contribution < 1.29 is 33.8 Å². The summed E-state index contributed by atoms with van der Waals surface area (Å²) in [6.45, 7) is 6.09. The summed E-state index contributed by atoms with van der Waals surface area (Å²) in [6, 6.07) is 25.8. The topological polar surface area (TPSA) is 154 Å². The Morgan fingerprint density at radius 1 is 0.820 bits per heavy atom. The molecule has 1 heterocycles. The van der Waals surface area contributed by atoms with Crippen molar-refractivity contribution in [3.8, 4) is 0 Å². The number of rotatable bonds is 15. The molecule has 2 atom stereocenters. The van der Waals surface area contributed by atoms with Gasteiger partial charge in [0.05, 0.1) is 6.42 Å². The van der Waals surface area contributed by atoms with Crippen LogP contribution in [-0.2, 0) is 36.9 Å². The average molecular weight is 685 g/mol. The Morgan fingerprint density at radius 2 is 1.42 bits per heavy atom. The number of aliphatic carboxylic acids is 1. The van der Waals surface area contributed by atoms with Gasteiger partial charge in [-0.1, -0.05) is 84.9 Å². The molecular weight excluding hydrogens is 636 g/mol. The van der Waals surface area contributed by atoms with Crippen LogP contribution in [0.1, 0.15) is 81.0 Å². The molecule has 11 heteroatoms. The van der Waals surface area contributed by atoms with E-state index in [0.29, 0.717) is 38.8 Å². The van der Waals surface area contributed by atoms with Gasteiger partial charge < -0.3 is 30.7 Å². The number of ether oxygens (including phenoxy) is 1. The average Bonchev–Trinajstić information content (AvgIpc) is 3.09. The normalized spacial score (nSPS) is 14.6. The van der Waals surface area contributed by atoms with E-state index in [0.717, 1.165) is 22.3 Å². The Kier molecular flexibility index (Phi) is 13.5. The lowest BCUT2D eigenvalue weighted by Gasteiger charge is -2.36. The summed E-state index contributed by atoms with van der Waals surface area (Å²) in [5.74, 6) is -2.21. The number of amides is 4. The highest BCUT2D eigenvalue weighted by Crippen LogP contribution is 2.25. The van der Waals surface area contributed by atoms with Crippen LogP contribution in [0.4, 0.5) is 4.79 Å². The van der Waals surface area contributed by atoms with E-state index < -0.39 is 29.7 Å². The zero-order valence-corrected chi connectivity index (χ0v) is 29.0. The molecule has 3 aromatic carbocycles. The van der Waals surface area contributed by atoms with Gasteiger partial charge in [0.2, 0.25) is 17.7 Å². The lowest BCUT2D eigenvalue weighted by molar-refractivity contribution is -0.144. The van der Waals surface area contributed by atoms with Crippen molar-refractivity contribution in [2.24, 2.45) is 0 Å². The molecule has 50 heavy (non-hydrogen) atoms. The number of unbranched alkanes of at least 4 members (excludes halogenated alkanes) is 1. The molecule has 1 aliphatic heterocycles. The molecule has 0 radical (unpaired) electrons. The van der Waals surface area contributed by atoms with Gasteiger partial charge in [0.25, 0.3) is 0 Å². The number of nitrogens with one attached hydrogen (secondary N) is 3. The number of nitrogens with zero attached hydrogens (tertiary/aromatic N) is 1. The van der Waals surface area contributed by atoms with Crippen molar-refractivity contribution in [3.63, 3.8) is 0 Å². The lowest BCUT2D eigenvalue weighted by atomic mass is 9.91. The second kappa shape index (κ2) is 18.0. The molecule has 0 aromatic heterocycles. The van der Waals surface area contributed by atoms with Gasteiger partial charge in [-0.2, -0.15) is 0 Å². The van der Waals surface area contributed by atoms with Crippen LogP contribution in [0, 0.1) is 0 Å². The third-order valence-corrected chi connectivity index (χ3v) is 8.53. The van der Waals surface area contributed by atoms with Crippen LogP contribution in [0.3, 0.4) is 0 Å². The highest BCUT2D eigenvalue weighted by atomic mass is 16.6. The molecule has 0 fully saturated rings. The van der Waals surface area contributed by atoms with Crippen LogP contribution in [0.25, 0.3) is 0 Å². The quantitative estimate of drug-likeness (QED) is 0.166. The number of carboxylic acids is 1. The van der Waals surface area contributed by atoms with Crippen molar-refractivity contribution >= 4 is 29.8 Å². The third-order valence-electron chi connectivity index (χ3n) is 8.53. The number of alkyl carbamates (subject to hydrolysis) is 1. The predicted molar refractivity (Wildman–Crippen MR) is 189 cm³/mol. The number of hydrogen-bond donors (Lipinski definition) is 4. The van der Waals surface area contributed by atoms with Gasteiger partial charge in [0.1, 0.15) is 17.7 Å². The first-order chi connectivity index (χ1) is 23.9. The monoisotopic (exact) mass is 684 g/mol. The van der Waals surface area contributed by atoms with E-state index in [-0.39, 0.29) is 43.0 Å². The molecule has 0 spiro atoms. The SMILES string of the molecule is CC(C)(C)OC(=O)N[C@@H](CCCCNC(=O)[C@@H]1Cc2ccccc2CN1C(=O)CCC(=O)O)C(=O)NCC(c1ccccc1)c1ccccc1. The number of hydrogen-bond acceptors (Lipinski definition) is 6. The summed E-state index contributed by atoms with van der Waals surface area (Å²) in [5, 5.41) is 17.8. The third kappa shape index (κ3) is 11.5. The number of carboxylic acid groups (broad SMARTS) is 1. The zero-order chi connectivity index (χ0) is 36.1. The summed E-state index contributed by atoms with van der Waals surface area (Å²) in [6.07, 6.45) is 0.458. The number of fused-ring (bicyclic) bond motifs is 1. The first-order valence-electron chi connectivity index (χ1n) is 17.1. The van der Waals surface area contributed by atoms with E-state index in [1.165, 1.54) is 4.90 Å². The second-order valence-electron chi connectivity index (χ2n) is 13.5. The van der Waals surface area contributed by atoms with Gasteiger partial charge in [0.15, 0.2) is 0 Å². The molecule has 0 unspecified atom stereocenters. The molecule has 11 nitrogen and oxygen atoms in total. The van der Waals surface area contributed by atoms with Gasteiger partial charge in [-0.3, -0.25) is 19.2 Å². The van der Waals surface area contributed by atoms with Crippen LogP contribution in [-0.4, -0.2) is 70.6 Å². The Bertz CT molecular complexity index is 1570. The van der Waals surface area contributed by atoms with E-state index in [1.54, 1.807) is 20.8 Å². The van der Waals surface area contributed by atoms with Crippen molar-refractivity contribution in [3.05, 3.63) is 107 Å². The van der Waals surface area contributed by atoms with E-state index in [4.69, 9.17) is 9.84 Å². The van der Waals surface area contributed by atoms with Crippen molar-refractivity contribution in [1.82, 2.24) is 20.9 Å². The zero-order valence-electron chi connectivity index (χ0n) is 29.0. The fourth-order valence-electron chi connectivity index (χ4n) is 6.02. The summed E-state index contributed by atoms with van der Waals surface area (Å²) in [4.78, 5) is 65.2. The van der Waals surface area contributed by atoms with Crippen LogP contribution < -0.4 is 16.0 Å². The van der Waals surface area contributed by atoms with E-state index in [9.17, 15) is 24.0 Å². The van der Waals surface area contributed by atoms with Gasteiger partial charge >= 0.3 is 12.1 Å². The molecular formula is C39H48N4O7. The first-order valence-corrected chi connectivity index (χ1v) is 17.1. The molecule has 4 rings (SSSR count). The molecule has 0 saturated carbocycles. The molecule has 3 aromatic rings. The minimum Gasteiger partial charge on any atom is -0.481 e. The molecule has 0 saturated heterocycles. The maximum Gasteiger partial charge on any atom is 0.408 e. The van der Waals surface area contributed by atoms with Crippen LogP contribution in [0.15, 0.2) is 84.9 Å². The van der Waals surface area contributed by atoms with Gasteiger partial charge in [-0.25, -0.2) is 4.79 Å². The number of benzene rings is 3. The largest absolute Gasteiger partial charge is 0.481 e. The Hall–Kier alpha value is -5.19. The fourth-order valence-corrected chi connectivity index (χ4v) is 6.02. The predicted octanol–water partition coefficient (Wildman–Crippen LogP) is 4.93. The smallest absolute Gasteiger partial charge is 0.408 e. The van der Waals surface area contributed by atoms with E-state index in [1.807, 2.05) is 84.9 Å². The maximum absolute atomic E-state index is 13.6. The van der Waals surface area contributed by atoms with Crippen LogP contribution >= 0.6 is 0 Å². The molecule has 266 valence electrons. The van der Waals surface area contributed by atoms with Gasteiger partial charge in [-0.15, -0.1) is 0 Å². The Labute approximate surface area is 293 Å². The summed E-state index contributed by atoms with van der Waals surface area (Å²) >= 11 is 0. The summed E-state index contributed by atoms with van der Waals surface area (Å²) in [5.41, 5.74) is 3.26. The van der Waals surface area contributed by atoms with Crippen molar-refractivity contribution in [1.29, 1.82) is 0 Å². The van der Waals surface area contributed by atoms with Crippen molar-refractivity contribution in [2.45, 2.75) is 89.4 Å². The highest BCUT2D eigenvalue weighted by Gasteiger charge is 2.34. The molecule has 4 amide bonds. The van der Waals surface area contributed by atoms with Crippen LogP contribution in [0.5, 0.6) is 0 Å². The first kappa shape index (κ1) is 37.6. The molecule has 4 N–H and O–H groups in total. The van der Waals surface area contributed by atoms with Gasteiger partial charge in [0, 0.05) is 38.4 Å². The molecule has 1 aliphatic rings. The van der Waals surface area contributed by atoms with Gasteiger partial charge in [-0.05, 0) is 62.3 Å². The van der Waals surface area contributed by atoms with Crippen molar-refractivity contribution in [2.75, 3.05) is 13.1 Å². The fraction of sp³-hybridized carbons (Fsp3) is 0.410. The molecule has 0 aliphatic carbocycles. The van der Waals surface area contributed by atoms with E-state index in [2.05, 4.69) is 16.0 Å². The maximum atomic E-state index is 13.6. The van der Waals surface area contributed by atoms with E-state index >= 15 is 0 Å². The molecule has 0 bridgehead atoms. The summed E-state index contributed by atoms with van der Waals surface area (Å²) in [7, 11) is 0. The Balaban J connectivity index is 1.36. The minimum absolute atomic E-state index is 0.0962. The minimum atomic E-state index is -1.07. The highest BCUT2D eigenvalue weighted by molar-refractivity contribution is 5.89. The summed E-state index contributed by atoms with van der Waals surface area (Å²) < 4.78 is 5.44. The number of carbonyl (C=O) groups is 5.